The number of hydrogen-bond donors (Lipinski definition) is 0. The van der Waals surface area contributed by atoms with Crippen LogP contribution in [0.5, 0.6) is 0 Å². The minimum Gasteiger partial charge on any atom is -0.404 e. The van der Waals surface area contributed by atoms with Gasteiger partial charge < -0.3 is 4.43 Å². The second-order valence-corrected chi connectivity index (χ2v) is 17.1. The fraction of sp³-hybridized carbons (Fsp3) is 0.486. The Morgan fingerprint density at radius 2 is 1.49 bits per heavy atom. The van der Waals surface area contributed by atoms with Gasteiger partial charge in [0, 0.05) is 6.10 Å². The summed E-state index contributed by atoms with van der Waals surface area (Å²) in [5.41, 5.74) is 2.95. The van der Waals surface area contributed by atoms with Gasteiger partial charge in [-0.1, -0.05) is 131 Å². The van der Waals surface area contributed by atoms with Gasteiger partial charge in [-0.3, -0.25) is 0 Å². The number of benzene rings is 2. The van der Waals surface area contributed by atoms with Gasteiger partial charge in [0.2, 0.25) is 0 Å². The lowest BCUT2D eigenvalue weighted by Crippen LogP contribution is -2.67. The summed E-state index contributed by atoms with van der Waals surface area (Å²) in [7, 11) is -2.61. The van der Waals surface area contributed by atoms with Crippen molar-refractivity contribution in [2.24, 2.45) is 23.7 Å². The van der Waals surface area contributed by atoms with Crippen molar-refractivity contribution >= 4 is 18.7 Å². The Kier molecular flexibility index (Phi) is 8.81. The molecule has 1 nitrogen and oxygen atoms in total. The molecule has 0 radical (unpaired) electrons. The third-order valence-electron chi connectivity index (χ3n) is 8.99. The largest absolute Gasteiger partial charge is 0.404 e. The van der Waals surface area contributed by atoms with E-state index in [4.69, 9.17) is 4.43 Å². The van der Waals surface area contributed by atoms with Crippen LogP contribution in [0, 0.1) is 23.7 Å². The van der Waals surface area contributed by atoms with Gasteiger partial charge in [0.25, 0.3) is 8.32 Å². The zero-order chi connectivity index (χ0) is 26.6. The Bertz CT molecular complexity index is 1050. The van der Waals surface area contributed by atoms with E-state index in [1.165, 1.54) is 22.4 Å². The molecule has 2 aliphatic carbocycles. The van der Waals surface area contributed by atoms with Crippen molar-refractivity contribution < 1.29 is 4.43 Å². The highest BCUT2D eigenvalue weighted by atomic mass is 28.4. The van der Waals surface area contributed by atoms with E-state index in [2.05, 4.69) is 127 Å². The van der Waals surface area contributed by atoms with Gasteiger partial charge in [0.1, 0.15) is 0 Å². The lowest BCUT2D eigenvalue weighted by molar-refractivity contribution is 0.111. The Balaban J connectivity index is 1.81. The zero-order valence-corrected chi connectivity index (χ0v) is 25.0. The number of rotatable bonds is 5. The van der Waals surface area contributed by atoms with Gasteiger partial charge in [-0.25, -0.2) is 0 Å². The van der Waals surface area contributed by atoms with Crippen LogP contribution in [-0.2, 0) is 4.43 Å². The predicted molar refractivity (Wildman–Crippen MR) is 163 cm³/mol. The maximum atomic E-state index is 7.71. The lowest BCUT2D eigenvalue weighted by atomic mass is 9.64. The SMILES string of the molecule is C=C1CC=CCC(O[Si](c2ccccc2)(c2ccccc2)C(C)(C)C)CC2C(C)=CCC(C(C)C)C2C1. The molecule has 4 rings (SSSR count). The van der Waals surface area contributed by atoms with Crippen LogP contribution >= 0.6 is 0 Å². The van der Waals surface area contributed by atoms with Crippen LogP contribution in [-0.4, -0.2) is 14.4 Å². The highest BCUT2D eigenvalue weighted by Crippen LogP contribution is 2.46. The summed E-state index contributed by atoms with van der Waals surface area (Å²) in [6, 6.07) is 22.3. The van der Waals surface area contributed by atoms with Crippen LogP contribution in [0.25, 0.3) is 0 Å². The van der Waals surface area contributed by atoms with E-state index in [1.54, 1.807) is 5.57 Å². The van der Waals surface area contributed by atoms with E-state index in [0.717, 1.165) is 25.7 Å². The molecule has 0 saturated heterocycles. The molecule has 0 amide bonds. The van der Waals surface area contributed by atoms with Crippen LogP contribution in [0.1, 0.15) is 73.6 Å². The molecule has 2 aromatic carbocycles. The van der Waals surface area contributed by atoms with E-state index >= 15 is 0 Å². The molecule has 37 heavy (non-hydrogen) atoms. The van der Waals surface area contributed by atoms with Gasteiger partial charge in [-0.2, -0.15) is 0 Å². The van der Waals surface area contributed by atoms with Gasteiger partial charge >= 0.3 is 0 Å². The summed E-state index contributed by atoms with van der Waals surface area (Å²) in [5, 5.41) is 2.73. The molecule has 2 heteroatoms. The molecular weight excluding hydrogens is 464 g/mol. The Morgan fingerprint density at radius 1 is 0.892 bits per heavy atom. The van der Waals surface area contributed by atoms with Gasteiger partial charge in [-0.15, -0.1) is 0 Å². The van der Waals surface area contributed by atoms with Gasteiger partial charge in [-0.05, 0) is 78.1 Å². The van der Waals surface area contributed by atoms with E-state index in [0.29, 0.717) is 23.7 Å². The molecule has 0 fully saturated rings. The molecule has 0 spiro atoms. The van der Waals surface area contributed by atoms with E-state index < -0.39 is 8.32 Å². The third-order valence-corrected chi connectivity index (χ3v) is 14.1. The van der Waals surface area contributed by atoms with Crippen LogP contribution in [0.15, 0.2) is 96.6 Å². The van der Waals surface area contributed by atoms with Crippen LogP contribution in [0.3, 0.4) is 0 Å². The Hall–Kier alpha value is -2.16. The van der Waals surface area contributed by atoms with Crippen molar-refractivity contribution in [1.29, 1.82) is 0 Å². The quantitative estimate of drug-likeness (QED) is 0.288. The smallest absolute Gasteiger partial charge is 0.261 e. The summed E-state index contributed by atoms with van der Waals surface area (Å²) in [6.45, 7) is 18.9. The van der Waals surface area contributed by atoms with Crippen molar-refractivity contribution in [2.45, 2.75) is 84.8 Å². The molecule has 0 N–H and O–H groups in total. The lowest BCUT2D eigenvalue weighted by Gasteiger charge is -2.47. The van der Waals surface area contributed by atoms with Crippen molar-refractivity contribution in [1.82, 2.24) is 0 Å². The maximum Gasteiger partial charge on any atom is 0.261 e. The average molecular weight is 513 g/mol. The molecule has 0 bridgehead atoms. The van der Waals surface area contributed by atoms with E-state index in [9.17, 15) is 0 Å². The minimum atomic E-state index is -2.61. The zero-order valence-electron chi connectivity index (χ0n) is 24.0. The monoisotopic (exact) mass is 512 g/mol. The Labute approximate surface area is 227 Å². The van der Waals surface area contributed by atoms with Crippen LogP contribution < -0.4 is 10.4 Å². The maximum absolute atomic E-state index is 7.71. The number of fused-ring (bicyclic) bond motifs is 1. The number of allylic oxidation sites excluding steroid dienone is 4. The summed E-state index contributed by atoms with van der Waals surface area (Å²) in [5.74, 6) is 2.59. The summed E-state index contributed by atoms with van der Waals surface area (Å²) in [4.78, 5) is 0. The van der Waals surface area contributed by atoms with Crippen molar-refractivity contribution in [3.63, 3.8) is 0 Å². The predicted octanol–water partition coefficient (Wildman–Crippen LogP) is 8.47. The molecule has 0 saturated carbocycles. The second kappa shape index (κ2) is 11.7. The first-order chi connectivity index (χ1) is 17.6. The fourth-order valence-electron chi connectivity index (χ4n) is 7.04. The van der Waals surface area contributed by atoms with Crippen LogP contribution in [0.4, 0.5) is 0 Å². The first-order valence-electron chi connectivity index (χ1n) is 14.4. The number of hydrogen-bond acceptors (Lipinski definition) is 1. The highest BCUT2D eigenvalue weighted by Gasteiger charge is 2.51. The molecule has 2 aliphatic rings. The normalized spacial score (nSPS) is 25.5. The standard InChI is InChI=1S/C35H48OSi/c1-26(2)32-23-22-28(4)33-25-29(17-15-14-16-27(3)24-34(32)33)36-37(35(5,6)7,30-18-10-8-11-19-30)31-20-12-9-13-21-31/h8-15,18-22,26,29,32-34H,3,16-17,23-25H2,1-2,4-7H3. The van der Waals surface area contributed by atoms with Gasteiger partial charge in [0.05, 0.1) is 0 Å². The first kappa shape index (κ1) is 27.9. The summed E-state index contributed by atoms with van der Waals surface area (Å²) < 4.78 is 7.71. The van der Waals surface area contributed by atoms with Crippen molar-refractivity contribution in [2.75, 3.05) is 0 Å². The van der Waals surface area contributed by atoms with Crippen molar-refractivity contribution in [3.05, 3.63) is 96.6 Å². The molecule has 0 aromatic heterocycles. The molecule has 4 atom stereocenters. The van der Waals surface area contributed by atoms with E-state index in [1.807, 2.05) is 0 Å². The summed E-state index contributed by atoms with van der Waals surface area (Å²) >= 11 is 0. The molecule has 0 aliphatic heterocycles. The minimum absolute atomic E-state index is 0.0135. The first-order valence-corrected chi connectivity index (χ1v) is 16.3. The molecule has 4 unspecified atom stereocenters. The van der Waals surface area contributed by atoms with Crippen LogP contribution in [0.2, 0.25) is 5.04 Å². The fourth-order valence-corrected chi connectivity index (χ4v) is 11.7. The van der Waals surface area contributed by atoms with E-state index in [-0.39, 0.29) is 11.1 Å². The topological polar surface area (TPSA) is 9.23 Å². The van der Waals surface area contributed by atoms with Gasteiger partial charge in [0.15, 0.2) is 0 Å². The second-order valence-electron chi connectivity index (χ2n) is 12.9. The van der Waals surface area contributed by atoms with Crippen molar-refractivity contribution in [3.8, 4) is 0 Å². The molecule has 0 heterocycles. The summed E-state index contributed by atoms with van der Waals surface area (Å²) in [6.07, 6.45) is 12.8. The highest BCUT2D eigenvalue weighted by molar-refractivity contribution is 6.99. The molecular formula is C35H48OSi. The average Bonchev–Trinajstić information content (AvgIpc) is 2.86. The molecule has 2 aromatic rings. The third kappa shape index (κ3) is 5.96. The Morgan fingerprint density at radius 3 is 2.03 bits per heavy atom. The molecule has 198 valence electrons.